The average molecular weight is 316 g/mol. The molecule has 0 atom stereocenters. The Morgan fingerprint density at radius 1 is 1.10 bits per heavy atom. The molecule has 21 heavy (non-hydrogen) atoms. The highest BCUT2D eigenvalue weighted by Gasteiger charge is 2.04. The summed E-state index contributed by atoms with van der Waals surface area (Å²) in [4.78, 5) is 5.54. The summed E-state index contributed by atoms with van der Waals surface area (Å²) in [5.74, 6) is 0. The molecular formula is C16H14ClN3S. The number of aryl methyl sites for hydroxylation is 1. The third-order valence-electron chi connectivity index (χ3n) is 3.04. The van der Waals surface area contributed by atoms with Gasteiger partial charge in [0, 0.05) is 17.6 Å². The monoisotopic (exact) mass is 315 g/mol. The fraction of sp³-hybridized carbons (Fsp3) is 0.125. The highest BCUT2D eigenvalue weighted by molar-refractivity contribution is 7.12. The van der Waals surface area contributed by atoms with Crippen LogP contribution in [0.25, 0.3) is 10.6 Å². The number of benzene rings is 2. The van der Waals surface area contributed by atoms with E-state index in [9.17, 15) is 0 Å². The van der Waals surface area contributed by atoms with E-state index in [0.29, 0.717) is 6.54 Å². The average Bonchev–Trinajstić information content (AvgIpc) is 2.88. The van der Waals surface area contributed by atoms with Crippen molar-refractivity contribution in [1.82, 2.24) is 9.78 Å². The Morgan fingerprint density at radius 3 is 2.52 bits per heavy atom. The zero-order valence-corrected chi connectivity index (χ0v) is 13.1. The number of hydrogen-bond donors (Lipinski definition) is 0. The van der Waals surface area contributed by atoms with Crippen LogP contribution in [-0.2, 0) is 13.6 Å². The van der Waals surface area contributed by atoms with E-state index in [1.807, 2.05) is 54.2 Å². The Bertz CT molecular complexity index is 788. The van der Waals surface area contributed by atoms with Gasteiger partial charge in [0.2, 0.25) is 4.80 Å². The van der Waals surface area contributed by atoms with Crippen molar-refractivity contribution in [1.29, 1.82) is 0 Å². The van der Waals surface area contributed by atoms with Crippen LogP contribution in [0.15, 0.2) is 59.6 Å². The molecule has 0 aliphatic rings. The molecule has 0 spiro atoms. The van der Waals surface area contributed by atoms with E-state index in [1.165, 1.54) is 5.56 Å². The zero-order valence-electron chi connectivity index (χ0n) is 11.5. The first kappa shape index (κ1) is 14.0. The number of aromatic nitrogens is 2. The summed E-state index contributed by atoms with van der Waals surface area (Å²) in [6, 6.07) is 17.9. The van der Waals surface area contributed by atoms with E-state index in [2.05, 4.69) is 22.2 Å². The van der Waals surface area contributed by atoms with Gasteiger partial charge in [-0.3, -0.25) is 4.99 Å². The van der Waals surface area contributed by atoms with E-state index >= 15 is 0 Å². The number of halogens is 1. The normalized spacial score (nSPS) is 11.8. The molecule has 3 aromatic rings. The SMILES string of the molecule is Cn1nc(-c2ccc(Cl)cc2)sc1=NCc1ccccc1. The lowest BCUT2D eigenvalue weighted by Gasteiger charge is -1.94. The van der Waals surface area contributed by atoms with Gasteiger partial charge in [-0.05, 0) is 17.7 Å². The third kappa shape index (κ3) is 3.40. The van der Waals surface area contributed by atoms with Crippen LogP contribution in [0.5, 0.6) is 0 Å². The maximum absolute atomic E-state index is 5.91. The number of hydrogen-bond acceptors (Lipinski definition) is 3. The van der Waals surface area contributed by atoms with E-state index in [1.54, 1.807) is 11.3 Å². The van der Waals surface area contributed by atoms with E-state index in [-0.39, 0.29) is 0 Å². The second-order valence-electron chi connectivity index (χ2n) is 4.62. The van der Waals surface area contributed by atoms with Crippen molar-refractivity contribution in [3.8, 4) is 10.6 Å². The molecule has 0 fully saturated rings. The standard InChI is InChI=1S/C16H14ClN3S/c1-20-16(18-11-12-5-3-2-4-6-12)21-15(19-20)13-7-9-14(17)10-8-13/h2-10H,11H2,1H3. The summed E-state index contributed by atoms with van der Waals surface area (Å²) >= 11 is 7.49. The molecule has 3 nitrogen and oxygen atoms in total. The molecule has 1 heterocycles. The van der Waals surface area contributed by atoms with Gasteiger partial charge in [-0.1, -0.05) is 65.4 Å². The Balaban J connectivity index is 1.89. The number of rotatable bonds is 3. The molecular weight excluding hydrogens is 302 g/mol. The highest BCUT2D eigenvalue weighted by atomic mass is 35.5. The van der Waals surface area contributed by atoms with Crippen LogP contribution in [0.3, 0.4) is 0 Å². The van der Waals surface area contributed by atoms with Gasteiger partial charge in [0.15, 0.2) is 0 Å². The minimum absolute atomic E-state index is 0.664. The molecule has 0 saturated heterocycles. The van der Waals surface area contributed by atoms with Crippen molar-refractivity contribution >= 4 is 22.9 Å². The van der Waals surface area contributed by atoms with Gasteiger partial charge in [-0.15, -0.1) is 0 Å². The molecule has 0 amide bonds. The summed E-state index contributed by atoms with van der Waals surface area (Å²) in [5, 5.41) is 6.20. The topological polar surface area (TPSA) is 30.2 Å². The fourth-order valence-corrected chi connectivity index (χ4v) is 2.96. The minimum atomic E-state index is 0.664. The summed E-state index contributed by atoms with van der Waals surface area (Å²) in [7, 11) is 1.92. The summed E-state index contributed by atoms with van der Waals surface area (Å²) in [5.41, 5.74) is 2.25. The molecule has 0 aliphatic carbocycles. The Morgan fingerprint density at radius 2 is 1.81 bits per heavy atom. The summed E-state index contributed by atoms with van der Waals surface area (Å²) in [6.45, 7) is 0.664. The predicted molar refractivity (Wildman–Crippen MR) is 87.2 cm³/mol. The van der Waals surface area contributed by atoms with Crippen molar-refractivity contribution in [3.05, 3.63) is 70.0 Å². The molecule has 0 radical (unpaired) electrons. The van der Waals surface area contributed by atoms with Crippen molar-refractivity contribution in [2.24, 2.45) is 12.0 Å². The van der Waals surface area contributed by atoms with Crippen LogP contribution in [0.4, 0.5) is 0 Å². The molecule has 0 unspecified atom stereocenters. The summed E-state index contributed by atoms with van der Waals surface area (Å²) in [6.07, 6.45) is 0. The second kappa shape index (κ2) is 6.24. The summed E-state index contributed by atoms with van der Waals surface area (Å²) < 4.78 is 1.82. The van der Waals surface area contributed by atoms with Gasteiger partial charge in [-0.25, -0.2) is 4.68 Å². The van der Waals surface area contributed by atoms with Gasteiger partial charge < -0.3 is 0 Å². The Labute approximate surface area is 132 Å². The predicted octanol–water partition coefficient (Wildman–Crippen LogP) is 3.90. The fourth-order valence-electron chi connectivity index (χ4n) is 1.94. The van der Waals surface area contributed by atoms with Crippen LogP contribution in [-0.4, -0.2) is 9.78 Å². The van der Waals surface area contributed by atoms with Crippen molar-refractivity contribution in [2.45, 2.75) is 6.54 Å². The first-order valence-electron chi connectivity index (χ1n) is 6.57. The van der Waals surface area contributed by atoms with Gasteiger partial charge in [0.25, 0.3) is 0 Å². The minimum Gasteiger partial charge on any atom is -0.253 e. The quantitative estimate of drug-likeness (QED) is 0.721. The lowest BCUT2D eigenvalue weighted by atomic mass is 10.2. The molecule has 0 N–H and O–H groups in total. The smallest absolute Gasteiger partial charge is 0.203 e. The lowest BCUT2D eigenvalue weighted by molar-refractivity contribution is 0.719. The maximum Gasteiger partial charge on any atom is 0.203 e. The van der Waals surface area contributed by atoms with Gasteiger partial charge in [-0.2, -0.15) is 5.10 Å². The second-order valence-corrected chi connectivity index (χ2v) is 6.01. The highest BCUT2D eigenvalue weighted by Crippen LogP contribution is 2.21. The van der Waals surface area contributed by atoms with E-state index < -0.39 is 0 Å². The lowest BCUT2D eigenvalue weighted by Crippen LogP contribution is -2.11. The molecule has 106 valence electrons. The van der Waals surface area contributed by atoms with Crippen LogP contribution in [0.1, 0.15) is 5.56 Å². The van der Waals surface area contributed by atoms with E-state index in [4.69, 9.17) is 11.6 Å². The van der Waals surface area contributed by atoms with Crippen molar-refractivity contribution < 1.29 is 0 Å². The first-order chi connectivity index (χ1) is 10.2. The van der Waals surface area contributed by atoms with Crippen LogP contribution in [0, 0.1) is 0 Å². The van der Waals surface area contributed by atoms with Crippen LogP contribution < -0.4 is 4.80 Å². The van der Waals surface area contributed by atoms with Gasteiger partial charge in [0.1, 0.15) is 5.01 Å². The van der Waals surface area contributed by atoms with Gasteiger partial charge >= 0.3 is 0 Å². The molecule has 0 saturated carbocycles. The molecule has 0 aliphatic heterocycles. The first-order valence-corrected chi connectivity index (χ1v) is 7.76. The van der Waals surface area contributed by atoms with Crippen molar-refractivity contribution in [3.63, 3.8) is 0 Å². The Hall–Kier alpha value is -1.91. The largest absolute Gasteiger partial charge is 0.253 e. The number of nitrogens with zero attached hydrogens (tertiary/aromatic N) is 3. The zero-order chi connectivity index (χ0) is 14.7. The van der Waals surface area contributed by atoms with E-state index in [0.717, 1.165) is 20.4 Å². The van der Waals surface area contributed by atoms with Crippen molar-refractivity contribution in [2.75, 3.05) is 0 Å². The van der Waals surface area contributed by atoms with Gasteiger partial charge in [0.05, 0.1) is 6.54 Å². The maximum atomic E-state index is 5.91. The molecule has 1 aromatic heterocycles. The Kier molecular flexibility index (Phi) is 4.18. The molecule has 2 aromatic carbocycles. The molecule has 5 heteroatoms. The third-order valence-corrected chi connectivity index (χ3v) is 4.38. The van der Waals surface area contributed by atoms with Crippen LogP contribution in [0.2, 0.25) is 5.02 Å². The van der Waals surface area contributed by atoms with Crippen LogP contribution >= 0.6 is 22.9 Å². The molecule has 0 bridgehead atoms. The molecule has 3 rings (SSSR count).